The van der Waals surface area contributed by atoms with Crippen LogP contribution >= 0.6 is 22.9 Å². The van der Waals surface area contributed by atoms with Gasteiger partial charge in [-0.3, -0.25) is 9.59 Å². The number of rotatable bonds is 6. The predicted octanol–water partition coefficient (Wildman–Crippen LogP) is 1.85. The zero-order valence-electron chi connectivity index (χ0n) is 11.1. The minimum atomic E-state index is -0.350. The molecule has 0 aliphatic rings. The maximum absolute atomic E-state index is 12.2. The average Bonchev–Trinajstić information content (AvgIpc) is 2.79. The van der Waals surface area contributed by atoms with Gasteiger partial charge in [0.25, 0.3) is 5.91 Å². The molecule has 0 spiro atoms. The molecule has 0 aromatic carbocycles. The lowest BCUT2D eigenvalue weighted by Gasteiger charge is -2.22. The molecule has 1 aromatic rings. The molecule has 0 aliphatic heterocycles. The third-order valence-corrected chi connectivity index (χ3v) is 3.28. The van der Waals surface area contributed by atoms with Crippen molar-refractivity contribution in [1.82, 2.24) is 15.1 Å². The van der Waals surface area contributed by atoms with Crippen LogP contribution in [0.25, 0.3) is 0 Å². The van der Waals surface area contributed by atoms with E-state index in [-0.39, 0.29) is 33.7 Å². The summed E-state index contributed by atoms with van der Waals surface area (Å²) in [5, 5.41) is 7.56. The molecule has 0 saturated heterocycles. The molecule has 0 N–H and O–H groups in total. The summed E-state index contributed by atoms with van der Waals surface area (Å²) in [7, 11) is 1.32. The van der Waals surface area contributed by atoms with Gasteiger partial charge in [0.05, 0.1) is 13.5 Å². The maximum atomic E-state index is 12.2. The van der Waals surface area contributed by atoms with Crippen molar-refractivity contribution >= 4 is 34.8 Å². The van der Waals surface area contributed by atoms with Crippen LogP contribution in [0.2, 0.25) is 4.47 Å². The van der Waals surface area contributed by atoms with Crippen molar-refractivity contribution < 1.29 is 14.3 Å². The number of methoxy groups -OCH3 is 1. The topological polar surface area (TPSA) is 72.4 Å². The number of amides is 1. The molecule has 6 nitrogen and oxygen atoms in total. The number of hydrogen-bond donors (Lipinski definition) is 0. The highest BCUT2D eigenvalue weighted by Crippen LogP contribution is 2.17. The number of carbonyl (C=O) groups excluding carboxylic acids is 2. The summed E-state index contributed by atoms with van der Waals surface area (Å²) in [5.41, 5.74) is 0. The van der Waals surface area contributed by atoms with Crippen LogP contribution in [0.3, 0.4) is 0 Å². The molecule has 1 heterocycles. The molecular weight excluding hydrogens is 290 g/mol. The second kappa shape index (κ2) is 7.40. The van der Waals surface area contributed by atoms with Crippen LogP contribution in [0.1, 0.15) is 30.1 Å². The molecular formula is C11H16ClN3O3S. The van der Waals surface area contributed by atoms with Crippen molar-refractivity contribution in [3.05, 3.63) is 9.47 Å². The van der Waals surface area contributed by atoms with Crippen LogP contribution in [0.5, 0.6) is 0 Å². The van der Waals surface area contributed by atoms with Gasteiger partial charge in [0.15, 0.2) is 0 Å². The van der Waals surface area contributed by atoms with Crippen molar-refractivity contribution in [2.75, 3.05) is 20.2 Å². The first kappa shape index (κ1) is 15.8. The Morgan fingerprint density at radius 3 is 2.58 bits per heavy atom. The van der Waals surface area contributed by atoms with E-state index in [1.807, 2.05) is 13.8 Å². The van der Waals surface area contributed by atoms with Gasteiger partial charge in [0.1, 0.15) is 0 Å². The zero-order chi connectivity index (χ0) is 14.4. The standard InChI is InChI=1S/C11H16ClN3O3S/c1-7(2)6-15(5-4-8(16)18-3)10(17)9-13-14-11(12)19-9/h7H,4-6H2,1-3H3. The Hall–Kier alpha value is -1.21. The van der Waals surface area contributed by atoms with Crippen molar-refractivity contribution in [3.8, 4) is 0 Å². The summed E-state index contributed by atoms with van der Waals surface area (Å²) in [5.74, 6) is -0.330. The van der Waals surface area contributed by atoms with Gasteiger partial charge in [-0.05, 0) is 17.5 Å². The van der Waals surface area contributed by atoms with Crippen molar-refractivity contribution in [1.29, 1.82) is 0 Å². The van der Waals surface area contributed by atoms with Gasteiger partial charge in [-0.1, -0.05) is 25.2 Å². The third kappa shape index (κ3) is 5.12. The highest BCUT2D eigenvalue weighted by Gasteiger charge is 2.21. The lowest BCUT2D eigenvalue weighted by molar-refractivity contribution is -0.140. The first-order valence-corrected chi connectivity index (χ1v) is 6.98. The summed E-state index contributed by atoms with van der Waals surface area (Å²) in [6.45, 7) is 4.81. The van der Waals surface area contributed by atoms with E-state index in [1.165, 1.54) is 7.11 Å². The molecule has 0 aliphatic carbocycles. The number of esters is 1. The Bertz CT molecular complexity index is 450. The molecule has 19 heavy (non-hydrogen) atoms. The van der Waals surface area contributed by atoms with Crippen molar-refractivity contribution in [3.63, 3.8) is 0 Å². The van der Waals surface area contributed by atoms with E-state index in [0.717, 1.165) is 11.3 Å². The van der Waals surface area contributed by atoms with Crippen LogP contribution in [0.15, 0.2) is 0 Å². The molecule has 0 bridgehead atoms. The maximum Gasteiger partial charge on any atom is 0.307 e. The Kier molecular flexibility index (Phi) is 6.17. The quantitative estimate of drug-likeness (QED) is 0.750. The van der Waals surface area contributed by atoms with Crippen molar-refractivity contribution in [2.45, 2.75) is 20.3 Å². The van der Waals surface area contributed by atoms with E-state index in [1.54, 1.807) is 4.90 Å². The van der Waals surface area contributed by atoms with Gasteiger partial charge >= 0.3 is 5.97 Å². The summed E-state index contributed by atoms with van der Waals surface area (Å²) < 4.78 is 4.79. The van der Waals surface area contributed by atoms with E-state index >= 15 is 0 Å². The second-order valence-electron chi connectivity index (χ2n) is 4.33. The number of aromatic nitrogens is 2. The number of halogens is 1. The number of carbonyl (C=O) groups is 2. The number of hydrogen-bond acceptors (Lipinski definition) is 6. The Labute approximate surface area is 120 Å². The lowest BCUT2D eigenvalue weighted by Crippen LogP contribution is -2.36. The highest BCUT2D eigenvalue weighted by atomic mass is 35.5. The fourth-order valence-electron chi connectivity index (χ4n) is 1.47. The van der Waals surface area contributed by atoms with Crippen molar-refractivity contribution in [2.24, 2.45) is 5.92 Å². The molecule has 1 amide bonds. The van der Waals surface area contributed by atoms with E-state index < -0.39 is 0 Å². The van der Waals surface area contributed by atoms with Gasteiger partial charge in [0.2, 0.25) is 9.47 Å². The number of ether oxygens (including phenoxy) is 1. The van der Waals surface area contributed by atoms with Gasteiger partial charge < -0.3 is 9.64 Å². The van der Waals surface area contributed by atoms with Crippen LogP contribution in [0, 0.1) is 5.92 Å². The Balaban J connectivity index is 2.72. The van der Waals surface area contributed by atoms with Crippen LogP contribution in [-0.4, -0.2) is 47.2 Å². The lowest BCUT2D eigenvalue weighted by atomic mass is 10.2. The second-order valence-corrected chi connectivity index (χ2v) is 5.89. The van der Waals surface area contributed by atoms with Crippen LogP contribution in [-0.2, 0) is 9.53 Å². The SMILES string of the molecule is COC(=O)CCN(CC(C)C)C(=O)c1nnc(Cl)s1. The molecule has 1 aromatic heterocycles. The molecule has 0 unspecified atom stereocenters. The third-order valence-electron chi connectivity index (χ3n) is 2.27. The minimum Gasteiger partial charge on any atom is -0.469 e. The molecule has 8 heteroatoms. The fourth-order valence-corrected chi connectivity index (χ4v) is 2.27. The van der Waals surface area contributed by atoms with Gasteiger partial charge in [-0.25, -0.2) is 0 Å². The van der Waals surface area contributed by atoms with E-state index in [9.17, 15) is 9.59 Å². The predicted molar refractivity (Wildman–Crippen MR) is 72.3 cm³/mol. The van der Waals surface area contributed by atoms with Gasteiger partial charge in [-0.2, -0.15) is 0 Å². The first-order valence-electron chi connectivity index (χ1n) is 5.79. The summed E-state index contributed by atoms with van der Waals surface area (Å²) in [6.07, 6.45) is 0.154. The van der Waals surface area contributed by atoms with E-state index in [0.29, 0.717) is 13.1 Å². The largest absolute Gasteiger partial charge is 0.469 e. The fraction of sp³-hybridized carbons (Fsp3) is 0.636. The monoisotopic (exact) mass is 305 g/mol. The summed E-state index contributed by atoms with van der Waals surface area (Å²) in [6, 6.07) is 0. The molecule has 0 fully saturated rings. The normalized spacial score (nSPS) is 10.6. The molecule has 0 radical (unpaired) electrons. The molecule has 0 atom stereocenters. The smallest absolute Gasteiger partial charge is 0.307 e. The van der Waals surface area contributed by atoms with Gasteiger partial charge in [-0.15, -0.1) is 10.2 Å². The van der Waals surface area contributed by atoms with E-state index in [2.05, 4.69) is 14.9 Å². The van der Waals surface area contributed by atoms with E-state index in [4.69, 9.17) is 11.6 Å². The van der Waals surface area contributed by atoms with Crippen LogP contribution in [0.4, 0.5) is 0 Å². The summed E-state index contributed by atoms with van der Waals surface area (Å²) >= 11 is 6.69. The minimum absolute atomic E-state index is 0.154. The highest BCUT2D eigenvalue weighted by molar-refractivity contribution is 7.17. The molecule has 1 rings (SSSR count). The number of nitrogens with zero attached hydrogens (tertiary/aromatic N) is 3. The Morgan fingerprint density at radius 2 is 2.11 bits per heavy atom. The Morgan fingerprint density at radius 1 is 1.42 bits per heavy atom. The van der Waals surface area contributed by atoms with Gasteiger partial charge in [0, 0.05) is 13.1 Å². The summed E-state index contributed by atoms with van der Waals surface area (Å²) in [4.78, 5) is 24.9. The molecule has 106 valence electrons. The zero-order valence-corrected chi connectivity index (χ0v) is 12.6. The average molecular weight is 306 g/mol. The first-order chi connectivity index (χ1) is 8.93. The van der Waals surface area contributed by atoms with Crippen LogP contribution < -0.4 is 0 Å². The molecule has 0 saturated carbocycles.